The van der Waals surface area contributed by atoms with Gasteiger partial charge in [-0.1, -0.05) is 0 Å². The Morgan fingerprint density at radius 2 is 2.45 bits per heavy atom. The van der Waals surface area contributed by atoms with Crippen LogP contribution in [0.3, 0.4) is 0 Å². The molecule has 0 aliphatic heterocycles. The van der Waals surface area contributed by atoms with Gasteiger partial charge in [-0.25, -0.2) is 0 Å². The molecular formula is C9H10LiN. The number of hydrogen-bond acceptors (Lipinski definition) is 1. The molecular weight excluding hydrogens is 129 g/mol. The summed E-state index contributed by atoms with van der Waals surface area (Å²) >= 11 is 2.27. The van der Waals surface area contributed by atoms with E-state index in [0.29, 0.717) is 4.59 Å². The molecule has 1 aromatic rings. The molecule has 1 unspecified atom stereocenters. The number of aryl methyl sites for hydroxylation is 1. The summed E-state index contributed by atoms with van der Waals surface area (Å²) in [6, 6.07) is 4.24. The van der Waals surface area contributed by atoms with E-state index in [1.54, 1.807) is 0 Å². The first-order valence-electron chi connectivity index (χ1n) is 4.31. The van der Waals surface area contributed by atoms with Crippen LogP contribution in [-0.2, 0) is 6.42 Å². The molecule has 1 aliphatic carbocycles. The average Bonchev–Trinajstić information content (AvgIpc) is 2.06. The monoisotopic (exact) mass is 139 g/mol. The zero-order valence-electron chi connectivity index (χ0n) is 6.88. The molecule has 0 saturated heterocycles. The number of rotatable bonds is 0. The first kappa shape index (κ1) is 7.40. The third-order valence-corrected chi connectivity index (χ3v) is 2.48. The van der Waals surface area contributed by atoms with Crippen molar-refractivity contribution in [1.82, 2.24) is 4.98 Å². The first-order chi connectivity index (χ1) is 5.38. The van der Waals surface area contributed by atoms with Gasteiger partial charge in [0.25, 0.3) is 0 Å². The summed E-state index contributed by atoms with van der Waals surface area (Å²) in [5.74, 6) is 0. The number of hydrogen-bond donors (Lipinski definition) is 0. The van der Waals surface area contributed by atoms with E-state index in [4.69, 9.17) is 0 Å². The zero-order chi connectivity index (χ0) is 7.68. The molecule has 1 aliphatic rings. The standard InChI is InChI=1S/C9H10N.Li/c1-2-6-9-8(4-1)5-3-7-10-9;/h3,5-7H,1-2,4H2;. The van der Waals surface area contributed by atoms with Gasteiger partial charge < -0.3 is 0 Å². The number of pyridine rings is 1. The molecule has 0 saturated carbocycles. The van der Waals surface area contributed by atoms with Crippen molar-refractivity contribution in [2.24, 2.45) is 0 Å². The molecule has 1 nitrogen and oxygen atoms in total. The van der Waals surface area contributed by atoms with Crippen LogP contribution in [0.15, 0.2) is 18.3 Å². The van der Waals surface area contributed by atoms with E-state index in [1.165, 1.54) is 30.5 Å². The Kier molecular flexibility index (Phi) is 2.02. The fourth-order valence-corrected chi connectivity index (χ4v) is 1.84. The Labute approximate surface area is 76.4 Å². The van der Waals surface area contributed by atoms with E-state index in [9.17, 15) is 0 Å². The topological polar surface area (TPSA) is 12.9 Å². The van der Waals surface area contributed by atoms with Gasteiger partial charge in [-0.15, -0.1) is 0 Å². The van der Waals surface area contributed by atoms with Gasteiger partial charge in [0, 0.05) is 0 Å². The van der Waals surface area contributed by atoms with Crippen LogP contribution < -0.4 is 0 Å². The molecule has 0 aromatic carbocycles. The maximum absolute atomic E-state index is 4.40. The summed E-state index contributed by atoms with van der Waals surface area (Å²) in [6.45, 7) is 0. The number of nitrogens with zero attached hydrogens (tertiary/aromatic N) is 1. The average molecular weight is 139 g/mol. The molecule has 0 amide bonds. The predicted octanol–water partition coefficient (Wildman–Crippen LogP) is 1.63. The Balaban J connectivity index is 2.44. The second-order valence-corrected chi connectivity index (χ2v) is 3.34. The van der Waals surface area contributed by atoms with Gasteiger partial charge in [0.1, 0.15) is 0 Å². The summed E-state index contributed by atoms with van der Waals surface area (Å²) in [5.41, 5.74) is 2.80. The molecule has 0 spiro atoms. The van der Waals surface area contributed by atoms with E-state index in [1.807, 2.05) is 12.3 Å². The Hall–Kier alpha value is -0.253. The van der Waals surface area contributed by atoms with E-state index in [2.05, 4.69) is 28.8 Å². The minimum absolute atomic E-state index is 0.681. The quantitative estimate of drug-likeness (QED) is 0.498. The van der Waals surface area contributed by atoms with Crippen LogP contribution in [0.4, 0.5) is 0 Å². The van der Waals surface area contributed by atoms with Crippen molar-refractivity contribution in [2.45, 2.75) is 23.9 Å². The van der Waals surface area contributed by atoms with Crippen LogP contribution in [0, 0.1) is 0 Å². The van der Waals surface area contributed by atoms with Crippen molar-refractivity contribution in [3.05, 3.63) is 29.6 Å². The van der Waals surface area contributed by atoms with Crippen molar-refractivity contribution in [1.29, 1.82) is 0 Å². The van der Waals surface area contributed by atoms with Crippen molar-refractivity contribution < 1.29 is 0 Å². The molecule has 52 valence electrons. The van der Waals surface area contributed by atoms with E-state index >= 15 is 0 Å². The fourth-order valence-electron chi connectivity index (χ4n) is 1.84. The minimum atomic E-state index is 0.681. The predicted molar refractivity (Wildman–Crippen MR) is 45.7 cm³/mol. The maximum atomic E-state index is 4.40. The van der Waals surface area contributed by atoms with Gasteiger partial charge >= 0.3 is 76.1 Å². The van der Waals surface area contributed by atoms with E-state index < -0.39 is 0 Å². The van der Waals surface area contributed by atoms with Crippen LogP contribution in [0.25, 0.3) is 0 Å². The molecule has 1 aromatic heterocycles. The Morgan fingerprint density at radius 3 is 3.27 bits per heavy atom. The molecule has 0 fully saturated rings. The van der Waals surface area contributed by atoms with Crippen LogP contribution in [0.2, 0.25) is 0 Å². The van der Waals surface area contributed by atoms with Gasteiger partial charge in [-0.05, 0) is 0 Å². The van der Waals surface area contributed by atoms with Gasteiger partial charge in [-0.2, -0.15) is 0 Å². The number of aromatic nitrogens is 1. The third-order valence-electron chi connectivity index (χ3n) is 2.48. The number of fused-ring (bicyclic) bond motifs is 1. The summed E-state index contributed by atoms with van der Waals surface area (Å²) in [4.78, 5) is 4.40. The Bertz CT molecular complexity index is 259. The molecule has 0 radical (unpaired) electrons. The van der Waals surface area contributed by atoms with Gasteiger partial charge in [0.15, 0.2) is 0 Å². The molecule has 0 N–H and O–H groups in total. The van der Waals surface area contributed by atoms with Crippen molar-refractivity contribution in [3.63, 3.8) is 0 Å². The van der Waals surface area contributed by atoms with Crippen molar-refractivity contribution in [2.75, 3.05) is 0 Å². The second kappa shape index (κ2) is 3.01. The summed E-state index contributed by atoms with van der Waals surface area (Å²) in [5, 5.41) is 0. The SMILES string of the molecule is [Li][CH]1CCCc2cccnc21. The summed E-state index contributed by atoms with van der Waals surface area (Å²) in [6.07, 6.45) is 5.78. The second-order valence-electron chi connectivity index (χ2n) is 3.34. The van der Waals surface area contributed by atoms with Crippen LogP contribution in [0.5, 0.6) is 0 Å². The van der Waals surface area contributed by atoms with E-state index in [-0.39, 0.29) is 0 Å². The Morgan fingerprint density at radius 1 is 1.55 bits per heavy atom. The van der Waals surface area contributed by atoms with E-state index in [0.717, 1.165) is 0 Å². The molecule has 1 heterocycles. The van der Waals surface area contributed by atoms with Gasteiger partial charge in [0.05, 0.1) is 0 Å². The van der Waals surface area contributed by atoms with Gasteiger partial charge in [0.2, 0.25) is 0 Å². The fraction of sp³-hybridized carbons (Fsp3) is 0.444. The van der Waals surface area contributed by atoms with Crippen LogP contribution in [0.1, 0.15) is 28.7 Å². The summed E-state index contributed by atoms with van der Waals surface area (Å²) in [7, 11) is 0. The van der Waals surface area contributed by atoms with Crippen molar-refractivity contribution in [3.8, 4) is 0 Å². The third kappa shape index (κ3) is 1.36. The molecule has 1 atom stereocenters. The summed E-state index contributed by atoms with van der Waals surface area (Å²) < 4.78 is 0.681. The van der Waals surface area contributed by atoms with Crippen molar-refractivity contribution >= 4 is 17.7 Å². The van der Waals surface area contributed by atoms with Crippen LogP contribution >= 0.6 is 0 Å². The van der Waals surface area contributed by atoms with Crippen LogP contribution in [-0.4, -0.2) is 22.7 Å². The molecule has 11 heavy (non-hydrogen) atoms. The zero-order valence-corrected chi connectivity index (χ0v) is 6.88. The molecule has 2 heteroatoms. The first-order valence-corrected chi connectivity index (χ1v) is 4.31. The normalized spacial score (nSPS) is 22.9. The molecule has 0 bridgehead atoms. The van der Waals surface area contributed by atoms with Gasteiger partial charge in [-0.3, -0.25) is 0 Å². The molecule has 2 rings (SSSR count).